The van der Waals surface area contributed by atoms with Crippen molar-refractivity contribution in [1.82, 2.24) is 4.90 Å². The Morgan fingerprint density at radius 3 is 2.32 bits per heavy atom. The highest BCUT2D eigenvalue weighted by Crippen LogP contribution is 2.43. The topological polar surface area (TPSA) is 135 Å². The molecule has 0 aromatic heterocycles. The first-order valence-corrected chi connectivity index (χ1v) is 13.9. The van der Waals surface area contributed by atoms with Crippen molar-refractivity contribution >= 4 is 39.5 Å². The summed E-state index contributed by atoms with van der Waals surface area (Å²) in [5, 5.41) is 8.07. The number of aliphatic carboxylic acids is 1. The van der Waals surface area contributed by atoms with E-state index in [2.05, 4.69) is 6.07 Å². The molecule has 0 radical (unpaired) electrons. The zero-order valence-corrected chi connectivity index (χ0v) is 22.4. The SMILES string of the molecule is CC(=O)O.CS(=O)(=O)Oc1ccc(C2(c3cccc(-c4cccc(Cl)c4)c3)N=C(N)N3CCCN=C32)cc1. The van der Waals surface area contributed by atoms with Gasteiger partial charge in [-0.2, -0.15) is 8.42 Å². The number of nitrogens with zero attached hydrogens (tertiary/aromatic N) is 3. The Morgan fingerprint density at radius 2 is 1.68 bits per heavy atom. The Labute approximate surface area is 226 Å². The van der Waals surface area contributed by atoms with Gasteiger partial charge in [-0.15, -0.1) is 0 Å². The number of nitrogens with two attached hydrogens (primary N) is 1. The Morgan fingerprint density at radius 1 is 1.05 bits per heavy atom. The monoisotopic (exact) mass is 554 g/mol. The van der Waals surface area contributed by atoms with Gasteiger partial charge in [-0.25, -0.2) is 4.99 Å². The molecule has 0 fully saturated rings. The largest absolute Gasteiger partial charge is 0.481 e. The smallest absolute Gasteiger partial charge is 0.306 e. The van der Waals surface area contributed by atoms with Crippen LogP contribution in [0.15, 0.2) is 82.8 Å². The van der Waals surface area contributed by atoms with Crippen LogP contribution in [-0.2, 0) is 20.5 Å². The third-order valence-corrected chi connectivity index (χ3v) is 6.63. The maximum absolute atomic E-state index is 11.6. The van der Waals surface area contributed by atoms with Crippen LogP contribution in [0.3, 0.4) is 0 Å². The molecule has 3 aromatic carbocycles. The molecule has 0 spiro atoms. The normalized spacial score (nSPS) is 18.4. The number of amidine groups is 1. The van der Waals surface area contributed by atoms with Crippen molar-refractivity contribution in [2.24, 2.45) is 15.7 Å². The van der Waals surface area contributed by atoms with E-state index in [1.165, 1.54) is 0 Å². The summed E-state index contributed by atoms with van der Waals surface area (Å²) in [5.74, 6) is 0.561. The summed E-state index contributed by atoms with van der Waals surface area (Å²) >= 11 is 6.24. The van der Waals surface area contributed by atoms with Crippen LogP contribution in [0, 0.1) is 0 Å². The number of halogens is 1. The summed E-state index contributed by atoms with van der Waals surface area (Å²) in [5.41, 5.74) is 9.10. The van der Waals surface area contributed by atoms with E-state index in [1.807, 2.05) is 59.5 Å². The lowest BCUT2D eigenvalue weighted by atomic mass is 9.81. The highest BCUT2D eigenvalue weighted by atomic mass is 35.5. The summed E-state index contributed by atoms with van der Waals surface area (Å²) in [7, 11) is -3.63. The van der Waals surface area contributed by atoms with Crippen LogP contribution in [0.25, 0.3) is 11.1 Å². The molecule has 0 saturated heterocycles. The molecule has 11 heteroatoms. The molecular weight excluding hydrogens is 528 g/mol. The van der Waals surface area contributed by atoms with Crippen molar-refractivity contribution in [2.45, 2.75) is 18.9 Å². The molecule has 38 heavy (non-hydrogen) atoms. The predicted molar refractivity (Wildman–Crippen MR) is 148 cm³/mol. The Bertz CT molecular complexity index is 1520. The molecule has 0 bridgehead atoms. The van der Waals surface area contributed by atoms with E-state index >= 15 is 0 Å². The number of hydrogen-bond donors (Lipinski definition) is 2. The van der Waals surface area contributed by atoms with Gasteiger partial charge in [0.2, 0.25) is 0 Å². The minimum absolute atomic E-state index is 0.228. The maximum Gasteiger partial charge on any atom is 0.306 e. The predicted octanol–water partition coefficient (Wildman–Crippen LogP) is 4.11. The van der Waals surface area contributed by atoms with Crippen LogP contribution in [-0.4, -0.2) is 55.5 Å². The summed E-state index contributed by atoms with van der Waals surface area (Å²) in [6.07, 6.45) is 1.90. The van der Waals surface area contributed by atoms with Gasteiger partial charge in [-0.1, -0.05) is 54.1 Å². The van der Waals surface area contributed by atoms with Gasteiger partial charge in [-0.05, 0) is 59.0 Å². The molecule has 1 unspecified atom stereocenters. The van der Waals surface area contributed by atoms with E-state index < -0.39 is 21.6 Å². The molecule has 2 aliphatic rings. The number of carboxylic acid groups (broad SMARTS) is 1. The molecule has 3 N–H and O–H groups in total. The zero-order valence-electron chi connectivity index (χ0n) is 20.8. The number of guanidine groups is 1. The highest BCUT2D eigenvalue weighted by molar-refractivity contribution is 7.86. The Balaban J connectivity index is 0.000000786. The van der Waals surface area contributed by atoms with E-state index in [4.69, 9.17) is 41.4 Å². The first kappa shape index (κ1) is 27.2. The first-order chi connectivity index (χ1) is 18.0. The summed E-state index contributed by atoms with van der Waals surface area (Å²) in [4.78, 5) is 20.8. The lowest BCUT2D eigenvalue weighted by Crippen LogP contribution is -2.46. The quantitative estimate of drug-likeness (QED) is 0.453. The van der Waals surface area contributed by atoms with Gasteiger partial charge in [0.15, 0.2) is 11.5 Å². The number of carboxylic acids is 1. The van der Waals surface area contributed by atoms with Gasteiger partial charge >= 0.3 is 10.1 Å². The second-order valence-corrected chi connectivity index (χ2v) is 10.8. The maximum atomic E-state index is 11.6. The molecule has 0 amide bonds. The first-order valence-electron chi connectivity index (χ1n) is 11.7. The van der Waals surface area contributed by atoms with Crippen molar-refractivity contribution in [1.29, 1.82) is 0 Å². The van der Waals surface area contributed by atoms with Gasteiger partial charge < -0.3 is 15.0 Å². The lowest BCUT2D eigenvalue weighted by molar-refractivity contribution is -0.134. The van der Waals surface area contributed by atoms with E-state index in [0.29, 0.717) is 17.5 Å². The molecule has 1 atom stereocenters. The Kier molecular flexibility index (Phi) is 7.75. The highest BCUT2D eigenvalue weighted by Gasteiger charge is 2.49. The summed E-state index contributed by atoms with van der Waals surface area (Å²) in [6.45, 7) is 2.50. The van der Waals surface area contributed by atoms with Gasteiger partial charge in [0.1, 0.15) is 11.6 Å². The van der Waals surface area contributed by atoms with Crippen molar-refractivity contribution < 1.29 is 22.5 Å². The van der Waals surface area contributed by atoms with Gasteiger partial charge in [0.05, 0.1) is 6.26 Å². The fourth-order valence-electron chi connectivity index (χ4n) is 4.49. The minimum atomic E-state index is -3.63. The molecular formula is C27H27ClN4O5S. The van der Waals surface area contributed by atoms with Gasteiger partial charge in [-0.3, -0.25) is 14.7 Å². The molecule has 5 rings (SSSR count). The fourth-order valence-corrected chi connectivity index (χ4v) is 5.14. The van der Waals surface area contributed by atoms with Crippen molar-refractivity contribution in [3.63, 3.8) is 0 Å². The molecule has 9 nitrogen and oxygen atoms in total. The molecule has 2 heterocycles. The Hall–Kier alpha value is -3.89. The second kappa shape index (κ2) is 10.8. The second-order valence-electron chi connectivity index (χ2n) is 8.81. The van der Waals surface area contributed by atoms with Crippen LogP contribution in [0.1, 0.15) is 24.5 Å². The third kappa shape index (κ3) is 5.81. The van der Waals surface area contributed by atoms with Crippen molar-refractivity contribution in [3.05, 3.63) is 88.9 Å². The lowest BCUT2D eigenvalue weighted by Gasteiger charge is -2.33. The number of hydrogen-bond acceptors (Lipinski definition) is 8. The summed E-state index contributed by atoms with van der Waals surface area (Å²) < 4.78 is 28.1. The van der Waals surface area contributed by atoms with Gasteiger partial charge in [0, 0.05) is 25.0 Å². The standard InChI is InChI=1S/C25H23ClN4O3S.C2H4O2/c1-34(31,32)33-22-11-9-19(10-12-22)25(23-28-13-4-14-30(23)24(27)29-25)20-7-2-5-17(15-20)18-6-3-8-21(26)16-18;1-2(3)4/h2-3,5-12,15-16H,4,13-14H2,1H3,(H2,27,29);1H3,(H,3,4). The van der Waals surface area contributed by atoms with Crippen LogP contribution < -0.4 is 9.92 Å². The average molecular weight is 555 g/mol. The van der Waals surface area contributed by atoms with Crippen LogP contribution in [0.2, 0.25) is 5.02 Å². The van der Waals surface area contributed by atoms with E-state index in [0.717, 1.165) is 54.2 Å². The summed E-state index contributed by atoms with van der Waals surface area (Å²) in [6, 6.07) is 22.6. The van der Waals surface area contributed by atoms with Crippen molar-refractivity contribution in [3.8, 4) is 16.9 Å². The van der Waals surface area contributed by atoms with Gasteiger partial charge in [0.25, 0.3) is 5.97 Å². The van der Waals surface area contributed by atoms with Crippen LogP contribution >= 0.6 is 11.6 Å². The minimum Gasteiger partial charge on any atom is -0.481 e. The number of benzene rings is 3. The van der Waals surface area contributed by atoms with E-state index in [-0.39, 0.29) is 5.75 Å². The number of rotatable bonds is 5. The average Bonchev–Trinajstić information content (AvgIpc) is 3.17. The molecule has 0 aliphatic carbocycles. The van der Waals surface area contributed by atoms with E-state index in [1.54, 1.807) is 12.1 Å². The zero-order chi connectivity index (χ0) is 27.5. The molecule has 2 aliphatic heterocycles. The third-order valence-electron chi connectivity index (χ3n) is 5.90. The number of fused-ring (bicyclic) bond motifs is 1. The number of aliphatic imine (C=N–C) groups is 2. The molecule has 0 saturated carbocycles. The van der Waals surface area contributed by atoms with Crippen molar-refractivity contribution in [2.75, 3.05) is 19.3 Å². The fraction of sp³-hybridized carbons (Fsp3) is 0.222. The molecule has 3 aromatic rings. The molecule has 198 valence electrons. The van der Waals surface area contributed by atoms with Crippen LogP contribution in [0.5, 0.6) is 5.75 Å². The number of carbonyl (C=O) groups is 1. The van der Waals surface area contributed by atoms with Crippen LogP contribution in [0.4, 0.5) is 0 Å². The van der Waals surface area contributed by atoms with E-state index in [9.17, 15) is 8.42 Å².